The molecule has 0 bridgehead atoms. The maximum atomic E-state index is 12.5. The van der Waals surface area contributed by atoms with E-state index in [1.54, 1.807) is 49.6 Å². The van der Waals surface area contributed by atoms with E-state index in [0.717, 1.165) is 5.41 Å². The molecular formula is C18H14ClNO4S. The third kappa shape index (κ3) is 3.75. The van der Waals surface area contributed by atoms with Gasteiger partial charge in [-0.05, 0) is 47.4 Å². The molecule has 1 aromatic heterocycles. The first-order valence-electron chi connectivity index (χ1n) is 7.29. The van der Waals surface area contributed by atoms with Gasteiger partial charge >= 0.3 is 0 Å². The van der Waals surface area contributed by atoms with Gasteiger partial charge in [0.2, 0.25) is 9.84 Å². The Labute approximate surface area is 149 Å². The molecule has 1 N–H and O–H groups in total. The summed E-state index contributed by atoms with van der Waals surface area (Å²) in [5, 5.41) is 2.06. The maximum absolute atomic E-state index is 12.5. The number of pyridine rings is 1. The molecule has 0 amide bonds. The molecule has 0 aliphatic carbocycles. The average Bonchev–Trinajstić information content (AvgIpc) is 2.59. The van der Waals surface area contributed by atoms with Crippen LogP contribution in [-0.2, 0) is 9.84 Å². The van der Waals surface area contributed by atoms with Gasteiger partial charge < -0.3 is 9.72 Å². The zero-order chi connectivity index (χ0) is 18.0. The van der Waals surface area contributed by atoms with Crippen LogP contribution in [0.5, 0.6) is 5.75 Å². The van der Waals surface area contributed by atoms with Crippen LogP contribution in [0.25, 0.3) is 17.0 Å². The highest BCUT2D eigenvalue weighted by Gasteiger charge is 2.16. The Kier molecular flexibility index (Phi) is 4.65. The number of methoxy groups -OCH3 is 1. The highest BCUT2D eigenvalue weighted by atomic mass is 35.5. The molecule has 25 heavy (non-hydrogen) atoms. The molecule has 0 unspecified atom stereocenters. The Bertz CT molecular complexity index is 1120. The van der Waals surface area contributed by atoms with Crippen LogP contribution in [-0.4, -0.2) is 20.5 Å². The summed E-state index contributed by atoms with van der Waals surface area (Å²) in [6, 6.07) is 13.1. The number of sulfone groups is 1. The third-order valence-electron chi connectivity index (χ3n) is 3.64. The van der Waals surface area contributed by atoms with Crippen molar-refractivity contribution >= 4 is 38.4 Å². The van der Waals surface area contributed by atoms with Crippen molar-refractivity contribution in [1.82, 2.24) is 4.98 Å². The van der Waals surface area contributed by atoms with Gasteiger partial charge in [-0.2, -0.15) is 0 Å². The Morgan fingerprint density at radius 2 is 1.80 bits per heavy atom. The molecule has 5 nitrogen and oxygen atoms in total. The highest BCUT2D eigenvalue weighted by molar-refractivity contribution is 7.94. The number of fused-ring (bicyclic) bond motifs is 1. The Balaban J connectivity index is 2.00. The number of nitrogens with one attached hydrogen (secondary N) is 1. The fourth-order valence-electron chi connectivity index (χ4n) is 2.32. The molecular weight excluding hydrogens is 362 g/mol. The van der Waals surface area contributed by atoms with Crippen molar-refractivity contribution in [3.05, 3.63) is 74.9 Å². The van der Waals surface area contributed by atoms with E-state index in [0.29, 0.717) is 27.2 Å². The van der Waals surface area contributed by atoms with Gasteiger partial charge in [-0.25, -0.2) is 8.42 Å². The number of hydrogen-bond acceptors (Lipinski definition) is 4. The first-order valence-corrected chi connectivity index (χ1v) is 9.21. The van der Waals surface area contributed by atoms with Gasteiger partial charge in [0.25, 0.3) is 5.56 Å². The van der Waals surface area contributed by atoms with Gasteiger partial charge in [-0.3, -0.25) is 4.79 Å². The fourth-order valence-corrected chi connectivity index (χ4v) is 3.58. The predicted octanol–water partition coefficient (Wildman–Crippen LogP) is 3.63. The van der Waals surface area contributed by atoms with Crippen LogP contribution in [0.1, 0.15) is 5.56 Å². The van der Waals surface area contributed by atoms with E-state index in [1.807, 2.05) is 0 Å². The van der Waals surface area contributed by atoms with Gasteiger partial charge in [0.05, 0.1) is 7.11 Å². The van der Waals surface area contributed by atoms with Crippen molar-refractivity contribution in [2.75, 3.05) is 7.11 Å². The van der Waals surface area contributed by atoms with Gasteiger partial charge in [-0.1, -0.05) is 29.8 Å². The fraction of sp³-hybridized carbons (Fsp3) is 0.0556. The smallest absolute Gasteiger partial charge is 0.267 e. The zero-order valence-electron chi connectivity index (χ0n) is 13.2. The monoisotopic (exact) mass is 375 g/mol. The molecule has 2 aromatic carbocycles. The summed E-state index contributed by atoms with van der Waals surface area (Å²) in [5.41, 5.74) is 0.470. The molecule has 7 heteroatoms. The molecule has 3 rings (SSSR count). The van der Waals surface area contributed by atoms with Crippen LogP contribution >= 0.6 is 11.6 Å². The predicted molar refractivity (Wildman–Crippen MR) is 98.8 cm³/mol. The molecule has 0 radical (unpaired) electrons. The number of aromatic nitrogens is 1. The second-order valence-electron chi connectivity index (χ2n) is 5.32. The Morgan fingerprint density at radius 1 is 1.08 bits per heavy atom. The summed E-state index contributed by atoms with van der Waals surface area (Å²) in [6.45, 7) is 0. The van der Waals surface area contributed by atoms with E-state index in [1.165, 1.54) is 12.1 Å². The molecule has 0 saturated carbocycles. The van der Waals surface area contributed by atoms with Crippen LogP contribution in [0.15, 0.2) is 63.6 Å². The maximum Gasteiger partial charge on any atom is 0.267 e. The molecule has 128 valence electrons. The zero-order valence-corrected chi connectivity index (χ0v) is 14.8. The molecule has 3 aromatic rings. The van der Waals surface area contributed by atoms with Crippen molar-refractivity contribution in [2.45, 2.75) is 4.90 Å². The number of halogens is 1. The summed E-state index contributed by atoms with van der Waals surface area (Å²) in [4.78, 5) is 14.4. The molecule has 0 spiro atoms. The van der Waals surface area contributed by atoms with Crippen LogP contribution < -0.4 is 10.3 Å². The quantitative estimate of drug-likeness (QED) is 0.755. The molecule has 0 saturated heterocycles. The number of benzene rings is 2. The number of aromatic amines is 1. The van der Waals surface area contributed by atoms with Crippen molar-refractivity contribution < 1.29 is 13.2 Å². The lowest BCUT2D eigenvalue weighted by atomic mass is 10.2. The standard InChI is InChI=1S/C18H14ClNO4S/c1-24-15-6-2-12(3-7-15)8-9-25(22,23)17-10-13-4-5-14(19)11-16(13)20-18(17)21/h2-11H,1H3,(H,20,21)/b9-8-. The summed E-state index contributed by atoms with van der Waals surface area (Å²) in [6.07, 6.45) is 1.43. The second kappa shape index (κ2) is 6.74. The van der Waals surface area contributed by atoms with Gasteiger partial charge in [-0.15, -0.1) is 0 Å². The van der Waals surface area contributed by atoms with E-state index in [4.69, 9.17) is 16.3 Å². The number of H-pyrrole nitrogens is 1. The van der Waals surface area contributed by atoms with E-state index < -0.39 is 15.4 Å². The minimum Gasteiger partial charge on any atom is -0.497 e. The van der Waals surface area contributed by atoms with Crippen LogP contribution in [0.3, 0.4) is 0 Å². The van der Waals surface area contributed by atoms with E-state index in [9.17, 15) is 13.2 Å². The molecule has 0 fully saturated rings. The van der Waals surface area contributed by atoms with Gasteiger partial charge in [0, 0.05) is 15.9 Å². The molecule has 1 heterocycles. The van der Waals surface area contributed by atoms with Crippen molar-refractivity contribution in [3.63, 3.8) is 0 Å². The van der Waals surface area contributed by atoms with Crippen LogP contribution in [0, 0.1) is 0 Å². The minimum atomic E-state index is -3.89. The molecule has 0 atom stereocenters. The minimum absolute atomic E-state index is 0.313. The first-order chi connectivity index (χ1) is 11.9. The number of ether oxygens (including phenoxy) is 1. The van der Waals surface area contributed by atoms with E-state index in [-0.39, 0.29) is 4.90 Å². The summed E-state index contributed by atoms with van der Waals surface area (Å²) < 4.78 is 30.1. The highest BCUT2D eigenvalue weighted by Crippen LogP contribution is 2.20. The van der Waals surface area contributed by atoms with Gasteiger partial charge in [0.1, 0.15) is 10.6 Å². The lowest BCUT2D eigenvalue weighted by Gasteiger charge is -2.03. The summed E-state index contributed by atoms with van der Waals surface area (Å²) in [5.74, 6) is 0.671. The third-order valence-corrected chi connectivity index (χ3v) is 5.28. The van der Waals surface area contributed by atoms with Crippen LogP contribution in [0.2, 0.25) is 5.02 Å². The SMILES string of the molecule is COc1ccc(/C=C\S(=O)(=O)c2cc3ccc(Cl)cc3[nH]c2=O)cc1. The van der Waals surface area contributed by atoms with Gasteiger partial charge in [0.15, 0.2) is 0 Å². The normalized spacial score (nSPS) is 11.9. The Hall–Kier alpha value is -2.57. The largest absolute Gasteiger partial charge is 0.497 e. The van der Waals surface area contributed by atoms with Crippen molar-refractivity contribution in [1.29, 1.82) is 0 Å². The van der Waals surface area contributed by atoms with Crippen molar-refractivity contribution in [3.8, 4) is 5.75 Å². The topological polar surface area (TPSA) is 76.2 Å². The molecule has 0 aliphatic rings. The second-order valence-corrected chi connectivity index (χ2v) is 7.55. The first kappa shape index (κ1) is 17.3. The lowest BCUT2D eigenvalue weighted by Crippen LogP contribution is -2.15. The summed E-state index contributed by atoms with van der Waals surface area (Å²) >= 11 is 5.88. The molecule has 0 aliphatic heterocycles. The Morgan fingerprint density at radius 3 is 2.48 bits per heavy atom. The van der Waals surface area contributed by atoms with E-state index in [2.05, 4.69) is 4.98 Å². The lowest BCUT2D eigenvalue weighted by molar-refractivity contribution is 0.415. The average molecular weight is 376 g/mol. The summed E-state index contributed by atoms with van der Waals surface area (Å²) in [7, 11) is -2.34. The number of rotatable bonds is 4. The van der Waals surface area contributed by atoms with Crippen molar-refractivity contribution in [2.24, 2.45) is 0 Å². The number of hydrogen-bond donors (Lipinski definition) is 1. The van der Waals surface area contributed by atoms with Crippen LogP contribution in [0.4, 0.5) is 0 Å². The van der Waals surface area contributed by atoms with E-state index >= 15 is 0 Å².